The molecule has 1 atom stereocenters. The number of ether oxygens (including phenoxy) is 1. The molecule has 196 valence electrons. The molecule has 3 rings (SSSR count). The Hall–Kier alpha value is -3.38. The highest BCUT2D eigenvalue weighted by Gasteiger charge is 2.21. The summed E-state index contributed by atoms with van der Waals surface area (Å²) in [5.41, 5.74) is 4.39. The number of carbonyl (C=O) groups excluding carboxylic acids is 1. The van der Waals surface area contributed by atoms with Crippen LogP contribution >= 0.6 is 11.6 Å². The van der Waals surface area contributed by atoms with Gasteiger partial charge in [0.15, 0.2) is 0 Å². The van der Waals surface area contributed by atoms with Crippen LogP contribution in [-0.4, -0.2) is 17.0 Å². The first-order chi connectivity index (χ1) is 17.5. The molecule has 0 fully saturated rings. The highest BCUT2D eigenvalue weighted by atomic mass is 35.5. The third-order valence-corrected chi connectivity index (χ3v) is 6.39. The van der Waals surface area contributed by atoms with E-state index in [-0.39, 0.29) is 42.0 Å². The molecular weight excluding hydrogens is 493 g/mol. The van der Waals surface area contributed by atoms with Crippen molar-refractivity contribution in [3.05, 3.63) is 98.8 Å². The molecule has 0 spiro atoms. The molecule has 1 amide bonds. The number of hydrogen-bond donors (Lipinski definition) is 2. The summed E-state index contributed by atoms with van der Waals surface area (Å²) in [4.78, 5) is 24.8. The Morgan fingerprint density at radius 2 is 1.76 bits per heavy atom. The Balaban J connectivity index is 1.91. The summed E-state index contributed by atoms with van der Waals surface area (Å²) in [5.74, 6) is -1.06. The summed E-state index contributed by atoms with van der Waals surface area (Å²) in [7, 11) is 0. The number of nitrogens with one attached hydrogen (secondary N) is 1. The Labute approximate surface area is 222 Å². The molecule has 3 aromatic carbocycles. The van der Waals surface area contributed by atoms with Crippen LogP contribution in [-0.2, 0) is 17.8 Å². The summed E-state index contributed by atoms with van der Waals surface area (Å²) in [5, 5.41) is 12.6. The Morgan fingerprint density at radius 1 is 1.05 bits per heavy atom. The largest absolute Gasteiger partial charge is 0.489 e. The second-order valence-electron chi connectivity index (χ2n) is 9.78. The number of aryl methyl sites for hydroxylation is 3. The molecule has 0 heterocycles. The predicted molar refractivity (Wildman–Crippen MR) is 144 cm³/mol. The average Bonchev–Trinajstić information content (AvgIpc) is 2.81. The maximum atomic E-state index is 14.2. The molecule has 0 unspecified atom stereocenters. The number of amides is 1. The van der Waals surface area contributed by atoms with E-state index >= 15 is 0 Å². The molecule has 0 radical (unpaired) electrons. The summed E-state index contributed by atoms with van der Waals surface area (Å²) in [6, 6.07) is 15.3. The van der Waals surface area contributed by atoms with Gasteiger partial charge in [-0.25, -0.2) is 4.39 Å². The summed E-state index contributed by atoms with van der Waals surface area (Å²) in [6.07, 6.45) is 0.814. The highest BCUT2D eigenvalue weighted by Crippen LogP contribution is 2.27. The SMILES string of the molecule is Cc1cc(C)cc([C@@H](CC(C)C)NC(=O)c2cc(OCc3c(F)cccc3Cl)ccc2CCC(=O)O)c1. The monoisotopic (exact) mass is 525 g/mol. The first-order valence-electron chi connectivity index (χ1n) is 12.3. The standard InChI is InChI=1S/C30H33ClFNO4/c1-18(2)12-28(22-14-19(3)13-20(4)15-22)33-30(36)24-16-23(10-8-21(24)9-11-29(34)35)37-17-25-26(31)6-5-7-27(25)32/h5-8,10,13-16,18,28H,9,11-12,17H2,1-4H3,(H,33,36)(H,34,35)/t28-/m1/s1. The van der Waals surface area contributed by atoms with E-state index in [4.69, 9.17) is 16.3 Å². The number of carboxylic acids is 1. The van der Waals surface area contributed by atoms with Crippen molar-refractivity contribution in [3.63, 3.8) is 0 Å². The molecule has 0 saturated heterocycles. The lowest BCUT2D eigenvalue weighted by Crippen LogP contribution is -2.30. The molecule has 0 aromatic heterocycles. The van der Waals surface area contributed by atoms with Crippen LogP contribution < -0.4 is 10.1 Å². The smallest absolute Gasteiger partial charge is 0.303 e. The minimum Gasteiger partial charge on any atom is -0.489 e. The van der Waals surface area contributed by atoms with Crippen molar-refractivity contribution in [2.75, 3.05) is 0 Å². The van der Waals surface area contributed by atoms with Crippen LogP contribution in [0.1, 0.15) is 70.9 Å². The van der Waals surface area contributed by atoms with Crippen LogP contribution in [0.5, 0.6) is 5.75 Å². The predicted octanol–water partition coefficient (Wildman–Crippen LogP) is 7.21. The van der Waals surface area contributed by atoms with Crippen LogP contribution in [0.3, 0.4) is 0 Å². The number of carbonyl (C=O) groups is 2. The molecule has 0 saturated carbocycles. The number of hydrogen-bond acceptors (Lipinski definition) is 3. The van der Waals surface area contributed by atoms with Gasteiger partial charge in [0.05, 0.1) is 11.1 Å². The zero-order valence-corrected chi connectivity index (χ0v) is 22.4. The van der Waals surface area contributed by atoms with Gasteiger partial charge in [0.2, 0.25) is 0 Å². The molecule has 0 aliphatic heterocycles. The van der Waals surface area contributed by atoms with Crippen molar-refractivity contribution in [3.8, 4) is 5.75 Å². The number of rotatable bonds is 11. The van der Waals surface area contributed by atoms with Gasteiger partial charge >= 0.3 is 5.97 Å². The second kappa shape index (κ2) is 12.7. The van der Waals surface area contributed by atoms with Gasteiger partial charge < -0.3 is 15.2 Å². The van der Waals surface area contributed by atoms with Crippen molar-refractivity contribution in [2.45, 2.75) is 59.6 Å². The second-order valence-corrected chi connectivity index (χ2v) is 10.2. The Morgan fingerprint density at radius 3 is 2.38 bits per heavy atom. The lowest BCUT2D eigenvalue weighted by atomic mass is 9.93. The normalized spacial score (nSPS) is 11.9. The zero-order valence-electron chi connectivity index (χ0n) is 21.6. The maximum absolute atomic E-state index is 14.2. The Bertz CT molecular complexity index is 1230. The number of carboxylic acid groups (broad SMARTS) is 1. The number of aliphatic carboxylic acids is 1. The highest BCUT2D eigenvalue weighted by molar-refractivity contribution is 6.31. The average molecular weight is 526 g/mol. The van der Waals surface area contributed by atoms with Crippen molar-refractivity contribution in [1.82, 2.24) is 5.32 Å². The van der Waals surface area contributed by atoms with Crippen LogP contribution in [0.15, 0.2) is 54.6 Å². The fraction of sp³-hybridized carbons (Fsp3) is 0.333. The van der Waals surface area contributed by atoms with Crippen LogP contribution in [0.4, 0.5) is 4.39 Å². The summed E-state index contributed by atoms with van der Waals surface area (Å²) < 4.78 is 20.0. The van der Waals surface area contributed by atoms with Crippen LogP contribution in [0.2, 0.25) is 5.02 Å². The lowest BCUT2D eigenvalue weighted by molar-refractivity contribution is -0.136. The lowest BCUT2D eigenvalue weighted by Gasteiger charge is -2.23. The van der Waals surface area contributed by atoms with Gasteiger partial charge in [0, 0.05) is 17.5 Å². The van der Waals surface area contributed by atoms with E-state index in [0.29, 0.717) is 22.8 Å². The summed E-state index contributed by atoms with van der Waals surface area (Å²) in [6.45, 7) is 8.14. The Kier molecular flexibility index (Phi) is 9.70. The maximum Gasteiger partial charge on any atom is 0.303 e. The van der Waals surface area contributed by atoms with Crippen LogP contribution in [0.25, 0.3) is 0 Å². The molecule has 2 N–H and O–H groups in total. The van der Waals surface area contributed by atoms with E-state index in [1.165, 1.54) is 12.1 Å². The van der Waals surface area contributed by atoms with E-state index in [1.807, 2.05) is 13.8 Å². The van der Waals surface area contributed by atoms with Crippen molar-refractivity contribution in [1.29, 1.82) is 0 Å². The third kappa shape index (κ3) is 8.05. The summed E-state index contributed by atoms with van der Waals surface area (Å²) >= 11 is 6.11. The van der Waals surface area contributed by atoms with Gasteiger partial charge in [-0.1, -0.05) is 66.9 Å². The minimum absolute atomic E-state index is 0.112. The molecular formula is C30H33ClFNO4. The van der Waals surface area contributed by atoms with Gasteiger partial charge in [0.1, 0.15) is 18.2 Å². The number of halogens is 2. The molecule has 5 nitrogen and oxygen atoms in total. The van der Waals surface area contributed by atoms with Crippen LogP contribution in [0, 0.1) is 25.6 Å². The first-order valence-corrected chi connectivity index (χ1v) is 12.7. The molecule has 37 heavy (non-hydrogen) atoms. The van der Waals surface area contributed by atoms with Gasteiger partial charge in [-0.05, 0) is 68.0 Å². The fourth-order valence-electron chi connectivity index (χ4n) is 4.34. The van der Waals surface area contributed by atoms with Crippen molar-refractivity contribution in [2.24, 2.45) is 5.92 Å². The van der Waals surface area contributed by atoms with Gasteiger partial charge in [-0.15, -0.1) is 0 Å². The number of benzene rings is 3. The molecule has 3 aromatic rings. The quantitative estimate of drug-likeness (QED) is 0.277. The molecule has 0 aliphatic rings. The zero-order chi connectivity index (χ0) is 27.1. The van der Waals surface area contributed by atoms with E-state index < -0.39 is 11.8 Å². The van der Waals surface area contributed by atoms with E-state index in [9.17, 15) is 19.1 Å². The first kappa shape index (κ1) is 28.2. The van der Waals surface area contributed by atoms with Gasteiger partial charge in [0.25, 0.3) is 5.91 Å². The van der Waals surface area contributed by atoms with Crippen molar-refractivity contribution >= 4 is 23.5 Å². The van der Waals surface area contributed by atoms with Crippen molar-refractivity contribution < 1.29 is 23.8 Å². The van der Waals surface area contributed by atoms with Gasteiger partial charge in [-0.2, -0.15) is 0 Å². The van der Waals surface area contributed by atoms with E-state index in [0.717, 1.165) is 23.1 Å². The third-order valence-electron chi connectivity index (χ3n) is 6.04. The van der Waals surface area contributed by atoms with E-state index in [1.54, 1.807) is 24.3 Å². The molecule has 0 bridgehead atoms. The topological polar surface area (TPSA) is 75.6 Å². The van der Waals surface area contributed by atoms with Gasteiger partial charge in [-0.3, -0.25) is 9.59 Å². The molecule has 0 aliphatic carbocycles. The van der Waals surface area contributed by atoms with E-state index in [2.05, 4.69) is 37.4 Å². The fourth-order valence-corrected chi connectivity index (χ4v) is 4.56. The minimum atomic E-state index is -0.950. The molecule has 7 heteroatoms.